The van der Waals surface area contributed by atoms with Gasteiger partial charge in [-0.2, -0.15) is 0 Å². The Morgan fingerprint density at radius 3 is 2.57 bits per heavy atom. The molecule has 128 valence electrons. The average molecular weight is 360 g/mol. The highest BCUT2D eigenvalue weighted by Crippen LogP contribution is 2.29. The lowest BCUT2D eigenvalue weighted by atomic mass is 9.80. The van der Waals surface area contributed by atoms with E-state index < -0.39 is 4.92 Å². The number of piperidine rings is 1. The third-order valence-electron chi connectivity index (χ3n) is 4.07. The van der Waals surface area contributed by atoms with Gasteiger partial charge in [0, 0.05) is 36.2 Å². The second kappa shape index (κ2) is 7.99. The number of nitrogens with zero attached hydrogens (tertiary/aromatic N) is 2. The highest BCUT2D eigenvalue weighted by molar-refractivity contribution is 8.00. The molecule has 1 aromatic carbocycles. The van der Waals surface area contributed by atoms with E-state index in [0.717, 1.165) is 11.3 Å². The summed E-state index contributed by atoms with van der Waals surface area (Å²) >= 11 is 1.40. The van der Waals surface area contributed by atoms with Crippen LogP contribution in [0.4, 0.5) is 5.69 Å². The fourth-order valence-corrected chi connectivity index (χ4v) is 3.29. The van der Waals surface area contributed by atoms with Gasteiger partial charge in [0.1, 0.15) is 0 Å². The first-order chi connectivity index (χ1) is 10.3. The lowest BCUT2D eigenvalue weighted by molar-refractivity contribution is -0.384. The largest absolute Gasteiger partial charge is 0.341 e. The summed E-state index contributed by atoms with van der Waals surface area (Å²) in [5.41, 5.74) is 6.07. The van der Waals surface area contributed by atoms with Gasteiger partial charge >= 0.3 is 0 Å². The third kappa shape index (κ3) is 5.09. The Labute approximate surface area is 146 Å². The summed E-state index contributed by atoms with van der Waals surface area (Å²) in [4.78, 5) is 25.2. The minimum Gasteiger partial charge on any atom is -0.341 e. The van der Waals surface area contributed by atoms with Gasteiger partial charge < -0.3 is 10.6 Å². The molecule has 0 radical (unpaired) electrons. The fourth-order valence-electron chi connectivity index (χ4n) is 2.49. The number of hydrogen-bond acceptors (Lipinski definition) is 5. The van der Waals surface area contributed by atoms with Crippen molar-refractivity contribution in [1.82, 2.24) is 4.90 Å². The molecule has 23 heavy (non-hydrogen) atoms. The van der Waals surface area contributed by atoms with Crippen LogP contribution in [0, 0.1) is 15.5 Å². The number of rotatable bonds is 4. The number of nitrogens with two attached hydrogens (primary N) is 1. The molecule has 2 rings (SSSR count). The van der Waals surface area contributed by atoms with Crippen LogP contribution >= 0.6 is 24.2 Å². The van der Waals surface area contributed by atoms with Gasteiger partial charge in [-0.1, -0.05) is 13.8 Å². The summed E-state index contributed by atoms with van der Waals surface area (Å²) in [6.45, 7) is 5.54. The first-order valence-electron chi connectivity index (χ1n) is 7.20. The third-order valence-corrected chi connectivity index (χ3v) is 5.07. The van der Waals surface area contributed by atoms with Crippen molar-refractivity contribution in [2.75, 3.05) is 18.8 Å². The van der Waals surface area contributed by atoms with Gasteiger partial charge in [0.2, 0.25) is 5.91 Å². The number of likely N-dealkylation sites (tertiary alicyclic amines) is 1. The normalized spacial score (nSPS) is 19.8. The smallest absolute Gasteiger partial charge is 0.269 e. The van der Waals surface area contributed by atoms with E-state index in [1.165, 1.54) is 23.9 Å². The van der Waals surface area contributed by atoms with Gasteiger partial charge in [0.25, 0.3) is 5.69 Å². The van der Waals surface area contributed by atoms with Gasteiger partial charge in [0.15, 0.2) is 0 Å². The van der Waals surface area contributed by atoms with Crippen molar-refractivity contribution < 1.29 is 9.72 Å². The van der Waals surface area contributed by atoms with Gasteiger partial charge in [-0.05, 0) is 24.0 Å². The van der Waals surface area contributed by atoms with E-state index in [9.17, 15) is 14.9 Å². The summed E-state index contributed by atoms with van der Waals surface area (Å²) in [5, 5.41) is 10.6. The molecule has 8 heteroatoms. The van der Waals surface area contributed by atoms with Crippen molar-refractivity contribution >= 4 is 35.8 Å². The van der Waals surface area contributed by atoms with Gasteiger partial charge in [-0.25, -0.2) is 0 Å². The summed E-state index contributed by atoms with van der Waals surface area (Å²) in [6, 6.07) is 6.38. The molecule has 1 fully saturated rings. The number of hydrogen-bond donors (Lipinski definition) is 1. The number of carbonyl (C=O) groups excluding carboxylic acids is 1. The quantitative estimate of drug-likeness (QED) is 0.507. The molecule has 2 N–H and O–H groups in total. The zero-order chi connectivity index (χ0) is 16.3. The van der Waals surface area contributed by atoms with Crippen LogP contribution in [0.15, 0.2) is 29.2 Å². The number of non-ortho nitro benzene ring substituents is 1. The van der Waals surface area contributed by atoms with Gasteiger partial charge in [-0.15, -0.1) is 24.2 Å². The standard InChI is InChI=1S/C15H21N3O3S.ClH/c1-15(2)10-17(8-7-13(15)16)14(19)9-22-12-5-3-11(4-6-12)18(20)21;/h3-6,13H,7-10,16H2,1-2H3;1H. The topological polar surface area (TPSA) is 89.5 Å². The molecule has 1 heterocycles. The van der Waals surface area contributed by atoms with E-state index in [1.807, 2.05) is 4.90 Å². The van der Waals surface area contributed by atoms with Gasteiger partial charge in [-0.3, -0.25) is 14.9 Å². The zero-order valence-electron chi connectivity index (χ0n) is 13.2. The molecular formula is C15H22ClN3O3S. The maximum atomic E-state index is 12.3. The number of amides is 1. The molecule has 1 unspecified atom stereocenters. The van der Waals surface area contributed by atoms with Crippen LogP contribution in [-0.4, -0.2) is 40.6 Å². The SMILES string of the molecule is CC1(C)CN(C(=O)CSc2ccc([N+](=O)[O-])cc2)CCC1N.Cl. The van der Waals surface area contributed by atoms with E-state index in [-0.39, 0.29) is 35.5 Å². The first-order valence-corrected chi connectivity index (χ1v) is 8.19. The van der Waals surface area contributed by atoms with Crippen LogP contribution in [0.5, 0.6) is 0 Å². The molecule has 6 nitrogen and oxygen atoms in total. The molecule has 1 saturated heterocycles. The van der Waals surface area contributed by atoms with E-state index in [4.69, 9.17) is 5.73 Å². The van der Waals surface area contributed by atoms with Crippen LogP contribution in [0.3, 0.4) is 0 Å². The maximum Gasteiger partial charge on any atom is 0.269 e. The molecule has 1 aliphatic heterocycles. The van der Waals surface area contributed by atoms with Crippen LogP contribution in [0.25, 0.3) is 0 Å². The number of halogens is 1. The van der Waals surface area contributed by atoms with E-state index in [0.29, 0.717) is 18.8 Å². The van der Waals surface area contributed by atoms with Crippen LogP contribution in [-0.2, 0) is 4.79 Å². The molecule has 1 amide bonds. The van der Waals surface area contributed by atoms with E-state index in [2.05, 4.69) is 13.8 Å². The van der Waals surface area contributed by atoms with Gasteiger partial charge in [0.05, 0.1) is 10.7 Å². The number of benzene rings is 1. The summed E-state index contributed by atoms with van der Waals surface area (Å²) in [6.07, 6.45) is 0.820. The Morgan fingerprint density at radius 1 is 1.43 bits per heavy atom. The summed E-state index contributed by atoms with van der Waals surface area (Å²) in [7, 11) is 0. The molecular weight excluding hydrogens is 338 g/mol. The van der Waals surface area contributed by atoms with E-state index in [1.54, 1.807) is 12.1 Å². The highest BCUT2D eigenvalue weighted by Gasteiger charge is 2.35. The second-order valence-electron chi connectivity index (χ2n) is 6.24. The molecule has 0 aliphatic carbocycles. The Hall–Kier alpha value is -1.31. The number of nitro groups is 1. The predicted octanol–water partition coefficient (Wildman–Crippen LogP) is 2.69. The number of carbonyl (C=O) groups is 1. The number of nitro benzene ring substituents is 1. The minimum atomic E-state index is -0.432. The molecule has 0 aromatic heterocycles. The van der Waals surface area contributed by atoms with Crippen molar-refractivity contribution in [3.63, 3.8) is 0 Å². The van der Waals surface area contributed by atoms with Crippen molar-refractivity contribution in [2.24, 2.45) is 11.1 Å². The zero-order valence-corrected chi connectivity index (χ0v) is 14.9. The first kappa shape index (κ1) is 19.7. The Kier molecular flexibility index (Phi) is 6.85. The average Bonchev–Trinajstić information content (AvgIpc) is 2.48. The molecule has 0 saturated carbocycles. The Balaban J connectivity index is 0.00000264. The fraction of sp³-hybridized carbons (Fsp3) is 0.533. The van der Waals surface area contributed by atoms with Crippen molar-refractivity contribution in [2.45, 2.75) is 31.2 Å². The molecule has 0 spiro atoms. The molecule has 1 aliphatic rings. The lowest BCUT2D eigenvalue weighted by Crippen LogP contribution is -2.54. The Morgan fingerprint density at radius 2 is 2.04 bits per heavy atom. The summed E-state index contributed by atoms with van der Waals surface area (Å²) < 4.78 is 0. The molecule has 0 bridgehead atoms. The highest BCUT2D eigenvalue weighted by atomic mass is 35.5. The lowest BCUT2D eigenvalue weighted by Gasteiger charge is -2.42. The van der Waals surface area contributed by atoms with Crippen LogP contribution < -0.4 is 5.73 Å². The Bertz CT molecular complexity index is 566. The minimum absolute atomic E-state index is 0. The molecule has 1 atom stereocenters. The maximum absolute atomic E-state index is 12.3. The monoisotopic (exact) mass is 359 g/mol. The number of thioether (sulfide) groups is 1. The predicted molar refractivity (Wildman–Crippen MR) is 94.0 cm³/mol. The van der Waals surface area contributed by atoms with Crippen molar-refractivity contribution in [3.05, 3.63) is 34.4 Å². The van der Waals surface area contributed by atoms with Crippen molar-refractivity contribution in [1.29, 1.82) is 0 Å². The van der Waals surface area contributed by atoms with Crippen LogP contribution in [0.1, 0.15) is 20.3 Å². The van der Waals surface area contributed by atoms with Crippen molar-refractivity contribution in [3.8, 4) is 0 Å². The molecule has 1 aromatic rings. The van der Waals surface area contributed by atoms with Crippen LogP contribution in [0.2, 0.25) is 0 Å². The van der Waals surface area contributed by atoms with E-state index >= 15 is 0 Å². The second-order valence-corrected chi connectivity index (χ2v) is 7.29. The summed E-state index contributed by atoms with van der Waals surface area (Å²) in [5.74, 6) is 0.423.